The Morgan fingerprint density at radius 2 is 2.12 bits per heavy atom. The van der Waals surface area contributed by atoms with E-state index in [2.05, 4.69) is 10.3 Å². The molecule has 0 atom stereocenters. The highest BCUT2D eigenvalue weighted by atomic mass is 32.2. The largest absolute Gasteiger partial charge is 0.348 e. The Labute approximate surface area is 101 Å². The molecule has 0 saturated carbocycles. The van der Waals surface area contributed by atoms with Crippen molar-refractivity contribution in [2.75, 3.05) is 11.5 Å². The minimum absolute atomic E-state index is 0.0188. The third-order valence-electron chi connectivity index (χ3n) is 2.67. The first kappa shape index (κ1) is 12.2. The van der Waals surface area contributed by atoms with Crippen molar-refractivity contribution in [3.63, 3.8) is 0 Å². The van der Waals surface area contributed by atoms with Crippen LogP contribution in [-0.2, 0) is 10.8 Å². The highest BCUT2D eigenvalue weighted by molar-refractivity contribution is 7.85. The third kappa shape index (κ3) is 3.33. The fraction of sp³-hybridized carbons (Fsp3) is 0.455. The summed E-state index contributed by atoms with van der Waals surface area (Å²) in [7, 11) is -0.751. The minimum Gasteiger partial charge on any atom is -0.348 e. The van der Waals surface area contributed by atoms with Gasteiger partial charge in [-0.15, -0.1) is 0 Å². The van der Waals surface area contributed by atoms with Gasteiger partial charge < -0.3 is 5.32 Å². The van der Waals surface area contributed by atoms with Gasteiger partial charge in [-0.05, 0) is 25.0 Å². The van der Waals surface area contributed by atoms with Crippen LogP contribution in [-0.4, -0.2) is 32.6 Å². The zero-order valence-electron chi connectivity index (χ0n) is 9.19. The highest BCUT2D eigenvalue weighted by Crippen LogP contribution is 2.10. The smallest absolute Gasteiger partial charge is 0.270 e. The molecule has 1 aromatic rings. The Balaban J connectivity index is 1.95. The standard InChI is InChI=1S/C11H13FN2O2S/c12-10-3-1-2-9(14-10)11(15)13-8-4-6-17(16)7-5-8/h1-3,8H,4-7H2,(H,13,15). The number of hydrogen-bond acceptors (Lipinski definition) is 3. The molecule has 1 fully saturated rings. The summed E-state index contributed by atoms with van der Waals surface area (Å²) in [6.45, 7) is 0. The second-order valence-corrected chi connectivity index (χ2v) is 5.64. The van der Waals surface area contributed by atoms with Crippen LogP contribution in [0.4, 0.5) is 4.39 Å². The third-order valence-corrected chi connectivity index (χ3v) is 4.05. The molecule has 1 aliphatic heterocycles. The molecule has 0 radical (unpaired) electrons. The van der Waals surface area contributed by atoms with Gasteiger partial charge in [-0.25, -0.2) is 4.98 Å². The normalized spacial score (nSPS) is 24.3. The molecule has 1 N–H and O–H groups in total. The predicted molar refractivity (Wildman–Crippen MR) is 62.6 cm³/mol. The van der Waals surface area contributed by atoms with Crippen molar-refractivity contribution in [1.29, 1.82) is 0 Å². The van der Waals surface area contributed by atoms with E-state index in [1.165, 1.54) is 18.2 Å². The van der Waals surface area contributed by atoms with E-state index in [0.717, 1.165) is 0 Å². The quantitative estimate of drug-likeness (QED) is 0.798. The molecule has 1 aromatic heterocycles. The number of carbonyl (C=O) groups is 1. The molecule has 0 aromatic carbocycles. The number of aromatic nitrogens is 1. The van der Waals surface area contributed by atoms with E-state index in [0.29, 0.717) is 24.3 Å². The van der Waals surface area contributed by atoms with Crippen molar-refractivity contribution < 1.29 is 13.4 Å². The number of nitrogens with zero attached hydrogens (tertiary/aromatic N) is 1. The van der Waals surface area contributed by atoms with E-state index in [1.54, 1.807) is 0 Å². The van der Waals surface area contributed by atoms with E-state index in [1.807, 2.05) is 0 Å². The van der Waals surface area contributed by atoms with Crippen LogP contribution in [0.3, 0.4) is 0 Å². The Hall–Kier alpha value is -1.30. The lowest BCUT2D eigenvalue weighted by Gasteiger charge is -2.22. The summed E-state index contributed by atoms with van der Waals surface area (Å²) in [6.07, 6.45) is 1.40. The summed E-state index contributed by atoms with van der Waals surface area (Å²) >= 11 is 0. The monoisotopic (exact) mass is 256 g/mol. The summed E-state index contributed by atoms with van der Waals surface area (Å²) in [4.78, 5) is 15.2. The van der Waals surface area contributed by atoms with Gasteiger partial charge in [-0.2, -0.15) is 4.39 Å². The highest BCUT2D eigenvalue weighted by Gasteiger charge is 2.20. The number of hydrogen-bond donors (Lipinski definition) is 1. The fourth-order valence-corrected chi connectivity index (χ4v) is 3.03. The molecule has 1 aliphatic rings. The van der Waals surface area contributed by atoms with Gasteiger partial charge in [0, 0.05) is 28.3 Å². The van der Waals surface area contributed by atoms with Gasteiger partial charge in [-0.1, -0.05) is 6.07 Å². The lowest BCUT2D eigenvalue weighted by atomic mass is 10.1. The maximum atomic E-state index is 12.8. The first-order chi connectivity index (χ1) is 8.15. The van der Waals surface area contributed by atoms with Crippen LogP contribution in [0.5, 0.6) is 0 Å². The van der Waals surface area contributed by atoms with E-state index >= 15 is 0 Å². The van der Waals surface area contributed by atoms with Crippen LogP contribution in [0.1, 0.15) is 23.3 Å². The van der Waals surface area contributed by atoms with Crippen LogP contribution in [0.25, 0.3) is 0 Å². The van der Waals surface area contributed by atoms with Gasteiger partial charge in [0.05, 0.1) is 0 Å². The van der Waals surface area contributed by atoms with Gasteiger partial charge >= 0.3 is 0 Å². The molecule has 2 heterocycles. The summed E-state index contributed by atoms with van der Waals surface area (Å²) in [5.74, 6) is 0.188. The minimum atomic E-state index is -0.751. The topological polar surface area (TPSA) is 59.1 Å². The van der Waals surface area contributed by atoms with E-state index in [4.69, 9.17) is 0 Å². The number of rotatable bonds is 2. The summed E-state index contributed by atoms with van der Waals surface area (Å²) < 4.78 is 24.0. The maximum absolute atomic E-state index is 12.8. The summed E-state index contributed by atoms with van der Waals surface area (Å²) in [5, 5.41) is 2.78. The fourth-order valence-electron chi connectivity index (χ4n) is 1.73. The number of pyridine rings is 1. The number of nitrogens with one attached hydrogen (secondary N) is 1. The van der Waals surface area contributed by atoms with Crippen LogP contribution in [0.2, 0.25) is 0 Å². The van der Waals surface area contributed by atoms with Gasteiger partial charge in [0.2, 0.25) is 5.95 Å². The molecule has 1 amide bonds. The molecule has 0 unspecified atom stereocenters. The van der Waals surface area contributed by atoms with E-state index < -0.39 is 16.7 Å². The molecule has 92 valence electrons. The number of amides is 1. The molecule has 6 heteroatoms. The Kier molecular flexibility index (Phi) is 3.83. The average molecular weight is 256 g/mol. The van der Waals surface area contributed by atoms with Crippen molar-refractivity contribution >= 4 is 16.7 Å². The van der Waals surface area contributed by atoms with Crippen LogP contribution < -0.4 is 5.32 Å². The predicted octanol–water partition coefficient (Wildman–Crippen LogP) is 0.862. The molecular formula is C11H13FN2O2S. The second-order valence-electron chi connectivity index (χ2n) is 3.94. The second kappa shape index (κ2) is 5.35. The molecule has 0 spiro atoms. The van der Waals surface area contributed by atoms with Crippen molar-refractivity contribution in [2.24, 2.45) is 0 Å². The summed E-state index contributed by atoms with van der Waals surface area (Å²) in [5.41, 5.74) is 0.0803. The molecule has 4 nitrogen and oxygen atoms in total. The zero-order chi connectivity index (χ0) is 12.3. The lowest BCUT2D eigenvalue weighted by Crippen LogP contribution is -2.39. The average Bonchev–Trinajstić information content (AvgIpc) is 2.32. The Bertz CT molecular complexity index is 443. The first-order valence-corrected chi connectivity index (χ1v) is 6.92. The van der Waals surface area contributed by atoms with Crippen LogP contribution in [0, 0.1) is 5.95 Å². The van der Waals surface area contributed by atoms with Crippen LogP contribution in [0.15, 0.2) is 18.2 Å². The molecule has 1 saturated heterocycles. The zero-order valence-corrected chi connectivity index (χ0v) is 10.0. The van der Waals surface area contributed by atoms with Gasteiger partial charge in [0.15, 0.2) is 0 Å². The molecule has 0 bridgehead atoms. The van der Waals surface area contributed by atoms with Gasteiger partial charge in [-0.3, -0.25) is 9.00 Å². The molecule has 0 aliphatic carbocycles. The maximum Gasteiger partial charge on any atom is 0.270 e. The van der Waals surface area contributed by atoms with Crippen molar-refractivity contribution in [3.8, 4) is 0 Å². The first-order valence-electron chi connectivity index (χ1n) is 5.43. The molecule has 17 heavy (non-hydrogen) atoms. The molecule has 2 rings (SSSR count). The Morgan fingerprint density at radius 3 is 2.76 bits per heavy atom. The van der Waals surface area contributed by atoms with Crippen LogP contribution >= 0.6 is 0 Å². The molecular weight excluding hydrogens is 243 g/mol. The van der Waals surface area contributed by atoms with E-state index in [9.17, 15) is 13.4 Å². The van der Waals surface area contributed by atoms with Gasteiger partial charge in [0.25, 0.3) is 5.91 Å². The number of carbonyl (C=O) groups excluding carboxylic acids is 1. The van der Waals surface area contributed by atoms with Crippen molar-refractivity contribution in [1.82, 2.24) is 10.3 Å². The number of halogens is 1. The summed E-state index contributed by atoms with van der Waals surface area (Å²) in [6, 6.07) is 4.14. The van der Waals surface area contributed by atoms with Crippen molar-refractivity contribution in [2.45, 2.75) is 18.9 Å². The van der Waals surface area contributed by atoms with E-state index in [-0.39, 0.29) is 17.6 Å². The Morgan fingerprint density at radius 1 is 1.41 bits per heavy atom. The van der Waals surface area contributed by atoms with Gasteiger partial charge in [0.1, 0.15) is 5.69 Å². The SMILES string of the molecule is O=C(NC1CCS(=O)CC1)c1cccc(F)n1. The van der Waals surface area contributed by atoms with Crippen molar-refractivity contribution in [3.05, 3.63) is 29.8 Å². The lowest BCUT2D eigenvalue weighted by molar-refractivity contribution is 0.0928.